The highest BCUT2D eigenvalue weighted by molar-refractivity contribution is 7.10. The fourth-order valence-electron chi connectivity index (χ4n) is 2.93. The average Bonchev–Trinajstić information content (AvgIpc) is 3.14. The smallest absolute Gasteiger partial charge is 0.224 e. The molecule has 2 N–H and O–H groups in total. The van der Waals surface area contributed by atoms with E-state index in [2.05, 4.69) is 35.1 Å². The summed E-state index contributed by atoms with van der Waals surface area (Å²) >= 11 is 1.76. The molecule has 1 aromatic heterocycles. The molecule has 2 atom stereocenters. The predicted molar refractivity (Wildman–Crippen MR) is 84.9 cm³/mol. The molecule has 1 aromatic rings. The van der Waals surface area contributed by atoms with Gasteiger partial charge in [-0.3, -0.25) is 4.79 Å². The van der Waals surface area contributed by atoms with E-state index in [0.717, 1.165) is 13.1 Å². The van der Waals surface area contributed by atoms with E-state index >= 15 is 0 Å². The largest absolute Gasteiger partial charge is 0.348 e. The van der Waals surface area contributed by atoms with E-state index in [0.29, 0.717) is 5.92 Å². The zero-order valence-electron chi connectivity index (χ0n) is 12.5. The van der Waals surface area contributed by atoms with Crippen molar-refractivity contribution in [1.82, 2.24) is 10.6 Å². The van der Waals surface area contributed by atoms with Gasteiger partial charge in [0.25, 0.3) is 0 Å². The Morgan fingerprint density at radius 2 is 2.20 bits per heavy atom. The second-order valence-electron chi connectivity index (χ2n) is 5.75. The number of carbonyl (C=O) groups excluding carboxylic acids is 1. The number of hydrogen-bond acceptors (Lipinski definition) is 3. The van der Waals surface area contributed by atoms with E-state index in [1.165, 1.54) is 30.6 Å². The van der Waals surface area contributed by atoms with Crippen LogP contribution in [-0.2, 0) is 4.79 Å². The SMILES string of the molecule is CCNCC(C)C(=O)NC(c1cccs1)C1CCCC1. The first-order chi connectivity index (χ1) is 9.72. The minimum absolute atomic E-state index is 0.0267. The number of thiophene rings is 1. The maximum absolute atomic E-state index is 12.4. The van der Waals surface area contributed by atoms with Gasteiger partial charge in [-0.2, -0.15) is 0 Å². The van der Waals surface area contributed by atoms with Crippen LogP contribution in [-0.4, -0.2) is 19.0 Å². The Bertz CT molecular complexity index is 399. The van der Waals surface area contributed by atoms with Crippen LogP contribution in [0.3, 0.4) is 0 Å². The Hall–Kier alpha value is -0.870. The van der Waals surface area contributed by atoms with Crippen LogP contribution in [0, 0.1) is 11.8 Å². The third-order valence-electron chi connectivity index (χ3n) is 4.17. The Morgan fingerprint density at radius 3 is 2.80 bits per heavy atom. The lowest BCUT2D eigenvalue weighted by Crippen LogP contribution is -2.39. The molecule has 0 aromatic carbocycles. The first-order valence-corrected chi connectivity index (χ1v) is 8.64. The van der Waals surface area contributed by atoms with E-state index in [9.17, 15) is 4.79 Å². The summed E-state index contributed by atoms with van der Waals surface area (Å²) in [7, 11) is 0. The van der Waals surface area contributed by atoms with Gasteiger partial charge in [0.1, 0.15) is 0 Å². The van der Waals surface area contributed by atoms with E-state index in [4.69, 9.17) is 0 Å². The van der Waals surface area contributed by atoms with Crippen molar-refractivity contribution in [3.8, 4) is 0 Å². The third-order valence-corrected chi connectivity index (χ3v) is 5.12. The molecule has 0 aliphatic heterocycles. The van der Waals surface area contributed by atoms with Gasteiger partial charge in [0, 0.05) is 17.3 Å². The van der Waals surface area contributed by atoms with Gasteiger partial charge in [0.2, 0.25) is 5.91 Å². The Morgan fingerprint density at radius 1 is 1.45 bits per heavy atom. The van der Waals surface area contributed by atoms with E-state index < -0.39 is 0 Å². The minimum atomic E-state index is 0.0267. The van der Waals surface area contributed by atoms with Crippen molar-refractivity contribution in [2.75, 3.05) is 13.1 Å². The maximum Gasteiger partial charge on any atom is 0.224 e. The molecule has 112 valence electrons. The molecule has 0 radical (unpaired) electrons. The second kappa shape index (κ2) is 7.79. The number of amides is 1. The van der Waals surface area contributed by atoms with Gasteiger partial charge < -0.3 is 10.6 Å². The van der Waals surface area contributed by atoms with Gasteiger partial charge in [0.15, 0.2) is 0 Å². The highest BCUT2D eigenvalue weighted by Gasteiger charge is 2.29. The van der Waals surface area contributed by atoms with Gasteiger partial charge in [-0.1, -0.05) is 32.8 Å². The van der Waals surface area contributed by atoms with Crippen LogP contribution < -0.4 is 10.6 Å². The third kappa shape index (κ3) is 4.06. The number of carbonyl (C=O) groups is 1. The normalized spacial score (nSPS) is 18.9. The van der Waals surface area contributed by atoms with E-state index in [1.807, 2.05) is 6.92 Å². The van der Waals surface area contributed by atoms with Crippen LogP contribution in [0.25, 0.3) is 0 Å². The summed E-state index contributed by atoms with van der Waals surface area (Å²) in [6, 6.07) is 4.45. The molecule has 4 heteroatoms. The van der Waals surface area contributed by atoms with Crippen molar-refractivity contribution in [2.24, 2.45) is 11.8 Å². The van der Waals surface area contributed by atoms with Gasteiger partial charge in [-0.15, -0.1) is 11.3 Å². The molecule has 2 unspecified atom stereocenters. The lowest BCUT2D eigenvalue weighted by molar-refractivity contribution is -0.125. The predicted octanol–water partition coefficient (Wildman–Crippen LogP) is 3.34. The van der Waals surface area contributed by atoms with Crippen molar-refractivity contribution in [1.29, 1.82) is 0 Å². The second-order valence-corrected chi connectivity index (χ2v) is 6.73. The maximum atomic E-state index is 12.4. The monoisotopic (exact) mass is 294 g/mol. The van der Waals surface area contributed by atoms with Gasteiger partial charge in [0.05, 0.1) is 6.04 Å². The minimum Gasteiger partial charge on any atom is -0.348 e. The summed E-state index contributed by atoms with van der Waals surface area (Å²) in [5.74, 6) is 0.819. The van der Waals surface area contributed by atoms with Crippen LogP contribution in [0.5, 0.6) is 0 Å². The van der Waals surface area contributed by atoms with Gasteiger partial charge in [-0.25, -0.2) is 0 Å². The Balaban J connectivity index is 1.98. The zero-order chi connectivity index (χ0) is 14.4. The first-order valence-electron chi connectivity index (χ1n) is 7.76. The van der Waals surface area contributed by atoms with Gasteiger partial charge >= 0.3 is 0 Å². The van der Waals surface area contributed by atoms with Crippen LogP contribution >= 0.6 is 11.3 Å². The Kier molecular flexibility index (Phi) is 6.05. The van der Waals surface area contributed by atoms with Crippen LogP contribution in [0.1, 0.15) is 50.4 Å². The van der Waals surface area contributed by atoms with Crippen LogP contribution in [0.15, 0.2) is 17.5 Å². The fourth-order valence-corrected chi connectivity index (χ4v) is 3.80. The standard InChI is InChI=1S/C16H26N2OS/c1-3-17-11-12(2)16(19)18-15(13-7-4-5-8-13)14-9-6-10-20-14/h6,9-10,12-13,15,17H,3-5,7-8,11H2,1-2H3,(H,18,19). The lowest BCUT2D eigenvalue weighted by Gasteiger charge is -2.25. The van der Waals surface area contributed by atoms with Gasteiger partial charge in [-0.05, 0) is 36.8 Å². The number of hydrogen-bond donors (Lipinski definition) is 2. The molecule has 0 spiro atoms. The first kappa shape index (κ1) is 15.5. The molecule has 1 amide bonds. The van der Waals surface area contributed by atoms with Crippen molar-refractivity contribution in [3.05, 3.63) is 22.4 Å². The molecular formula is C16H26N2OS. The summed E-state index contributed by atoms with van der Waals surface area (Å²) in [5, 5.41) is 8.65. The van der Waals surface area contributed by atoms with Crippen LogP contribution in [0.2, 0.25) is 0 Å². The summed E-state index contributed by atoms with van der Waals surface area (Å²) in [6.45, 7) is 5.73. The van der Waals surface area contributed by atoms with Crippen molar-refractivity contribution in [2.45, 2.75) is 45.6 Å². The molecular weight excluding hydrogens is 268 g/mol. The molecule has 0 bridgehead atoms. The highest BCUT2D eigenvalue weighted by Crippen LogP contribution is 2.37. The van der Waals surface area contributed by atoms with Crippen molar-refractivity contribution in [3.63, 3.8) is 0 Å². The summed E-state index contributed by atoms with van der Waals surface area (Å²) in [5.41, 5.74) is 0. The summed E-state index contributed by atoms with van der Waals surface area (Å²) in [4.78, 5) is 13.7. The average molecular weight is 294 g/mol. The lowest BCUT2D eigenvalue weighted by atomic mass is 9.96. The molecule has 1 fully saturated rings. The molecule has 3 nitrogen and oxygen atoms in total. The molecule has 2 rings (SSSR count). The molecule has 1 aliphatic rings. The van der Waals surface area contributed by atoms with E-state index in [-0.39, 0.29) is 17.9 Å². The molecule has 1 saturated carbocycles. The summed E-state index contributed by atoms with van der Waals surface area (Å²) in [6.07, 6.45) is 5.08. The number of rotatable bonds is 7. The fraction of sp³-hybridized carbons (Fsp3) is 0.688. The topological polar surface area (TPSA) is 41.1 Å². The summed E-state index contributed by atoms with van der Waals surface area (Å²) < 4.78 is 0. The molecule has 1 aliphatic carbocycles. The van der Waals surface area contributed by atoms with Crippen molar-refractivity contribution >= 4 is 17.2 Å². The molecule has 0 saturated heterocycles. The number of nitrogens with one attached hydrogen (secondary N) is 2. The zero-order valence-corrected chi connectivity index (χ0v) is 13.3. The molecule has 20 heavy (non-hydrogen) atoms. The van der Waals surface area contributed by atoms with Crippen molar-refractivity contribution < 1.29 is 4.79 Å². The highest BCUT2D eigenvalue weighted by atomic mass is 32.1. The molecule has 1 heterocycles. The van der Waals surface area contributed by atoms with Crippen LogP contribution in [0.4, 0.5) is 0 Å². The Labute approximate surface area is 126 Å². The van der Waals surface area contributed by atoms with E-state index in [1.54, 1.807) is 11.3 Å². The quantitative estimate of drug-likeness (QED) is 0.810.